The predicted molar refractivity (Wildman–Crippen MR) is 83.1 cm³/mol. The van der Waals surface area contributed by atoms with Crippen LogP contribution in [-0.2, 0) is 6.61 Å². The molecule has 108 valence electrons. The van der Waals surface area contributed by atoms with Gasteiger partial charge in [0.25, 0.3) is 0 Å². The standard InChI is InChI=1S/C15H8Cl2F2OS/c16-7-3-10(15(17)11(19)4-7)14-9-2-1-8(18)5-12(9)21-13(14)6-20/h1-5,20H,6H2. The molecule has 1 aromatic heterocycles. The van der Waals surface area contributed by atoms with Gasteiger partial charge >= 0.3 is 0 Å². The summed E-state index contributed by atoms with van der Waals surface area (Å²) in [4.78, 5) is 0.583. The van der Waals surface area contributed by atoms with E-state index in [0.29, 0.717) is 26.1 Å². The second-order valence-electron chi connectivity index (χ2n) is 4.45. The van der Waals surface area contributed by atoms with E-state index in [0.717, 1.165) is 6.07 Å². The van der Waals surface area contributed by atoms with Gasteiger partial charge in [-0.3, -0.25) is 0 Å². The molecule has 0 aliphatic rings. The van der Waals surface area contributed by atoms with Crippen LogP contribution in [0, 0.1) is 11.6 Å². The van der Waals surface area contributed by atoms with Crippen LogP contribution in [0.3, 0.4) is 0 Å². The molecule has 0 aliphatic heterocycles. The van der Waals surface area contributed by atoms with Gasteiger partial charge in [0.15, 0.2) is 0 Å². The predicted octanol–water partition coefficient (Wildman–Crippen LogP) is 5.65. The van der Waals surface area contributed by atoms with Crippen LogP contribution in [0.2, 0.25) is 10.0 Å². The first-order chi connectivity index (χ1) is 10.0. The Hall–Kier alpha value is -1.20. The molecule has 0 fully saturated rings. The summed E-state index contributed by atoms with van der Waals surface area (Å²) in [5.74, 6) is -1.01. The summed E-state index contributed by atoms with van der Waals surface area (Å²) >= 11 is 13.2. The van der Waals surface area contributed by atoms with Gasteiger partial charge in [0.05, 0.1) is 11.6 Å². The number of thiophene rings is 1. The van der Waals surface area contributed by atoms with Gasteiger partial charge < -0.3 is 5.11 Å². The Morgan fingerprint density at radius 3 is 2.57 bits per heavy atom. The number of halogens is 4. The van der Waals surface area contributed by atoms with Crippen molar-refractivity contribution in [3.8, 4) is 11.1 Å². The van der Waals surface area contributed by atoms with Crippen LogP contribution in [-0.4, -0.2) is 5.11 Å². The molecule has 21 heavy (non-hydrogen) atoms. The fourth-order valence-corrected chi connectivity index (χ4v) is 3.78. The minimum Gasteiger partial charge on any atom is -0.391 e. The van der Waals surface area contributed by atoms with Gasteiger partial charge in [-0.15, -0.1) is 11.3 Å². The average molecular weight is 345 g/mol. The van der Waals surface area contributed by atoms with E-state index in [9.17, 15) is 13.9 Å². The Balaban J connectivity index is 2.39. The lowest BCUT2D eigenvalue weighted by Crippen LogP contribution is -1.88. The first-order valence-corrected chi connectivity index (χ1v) is 7.55. The lowest BCUT2D eigenvalue weighted by Gasteiger charge is -2.08. The highest BCUT2D eigenvalue weighted by Crippen LogP contribution is 2.43. The quantitative estimate of drug-likeness (QED) is 0.596. The zero-order chi connectivity index (χ0) is 15.1. The molecule has 2 aromatic carbocycles. The Labute approximate surface area is 133 Å². The monoisotopic (exact) mass is 344 g/mol. The van der Waals surface area contributed by atoms with Crippen LogP contribution in [0.1, 0.15) is 4.88 Å². The minimum atomic E-state index is -0.635. The SMILES string of the molecule is OCc1sc2cc(F)ccc2c1-c1cc(Cl)cc(F)c1Cl. The van der Waals surface area contributed by atoms with Gasteiger partial charge in [0.2, 0.25) is 0 Å². The third-order valence-corrected chi connectivity index (χ3v) is 4.87. The Morgan fingerprint density at radius 2 is 1.86 bits per heavy atom. The maximum atomic E-state index is 13.8. The summed E-state index contributed by atoms with van der Waals surface area (Å²) in [6.07, 6.45) is 0. The normalized spacial score (nSPS) is 11.3. The molecule has 6 heteroatoms. The highest BCUT2D eigenvalue weighted by Gasteiger charge is 2.19. The van der Waals surface area contributed by atoms with Crippen molar-refractivity contribution in [2.24, 2.45) is 0 Å². The summed E-state index contributed by atoms with van der Waals surface area (Å²) in [5, 5.41) is 10.4. The summed E-state index contributed by atoms with van der Waals surface area (Å²) < 4.78 is 27.8. The lowest BCUT2D eigenvalue weighted by atomic mass is 10.0. The van der Waals surface area contributed by atoms with Gasteiger partial charge in [-0.2, -0.15) is 0 Å². The highest BCUT2D eigenvalue weighted by molar-refractivity contribution is 7.19. The molecule has 0 saturated carbocycles. The van der Waals surface area contributed by atoms with Crippen LogP contribution in [0.25, 0.3) is 21.2 Å². The van der Waals surface area contributed by atoms with E-state index in [-0.39, 0.29) is 22.5 Å². The van der Waals surface area contributed by atoms with Crippen molar-refractivity contribution in [1.82, 2.24) is 0 Å². The van der Waals surface area contributed by atoms with Crippen molar-refractivity contribution in [3.63, 3.8) is 0 Å². The van der Waals surface area contributed by atoms with Gasteiger partial charge in [0.1, 0.15) is 11.6 Å². The number of aliphatic hydroxyl groups excluding tert-OH is 1. The van der Waals surface area contributed by atoms with Gasteiger partial charge in [-0.05, 0) is 30.3 Å². The van der Waals surface area contributed by atoms with Crippen molar-refractivity contribution in [1.29, 1.82) is 0 Å². The molecule has 0 saturated heterocycles. The van der Waals surface area contributed by atoms with Crippen LogP contribution in [0.15, 0.2) is 30.3 Å². The molecule has 3 aromatic rings. The highest BCUT2D eigenvalue weighted by atomic mass is 35.5. The molecular formula is C15H8Cl2F2OS. The number of aliphatic hydroxyl groups is 1. The number of hydrogen-bond donors (Lipinski definition) is 1. The smallest absolute Gasteiger partial charge is 0.143 e. The largest absolute Gasteiger partial charge is 0.391 e. The third-order valence-electron chi connectivity index (χ3n) is 3.13. The summed E-state index contributed by atoms with van der Waals surface area (Å²) in [6.45, 7) is -0.249. The zero-order valence-electron chi connectivity index (χ0n) is 10.5. The van der Waals surface area contributed by atoms with E-state index in [2.05, 4.69) is 0 Å². The first-order valence-electron chi connectivity index (χ1n) is 5.98. The van der Waals surface area contributed by atoms with Gasteiger partial charge in [-0.25, -0.2) is 8.78 Å². The van der Waals surface area contributed by atoms with E-state index in [1.807, 2.05) is 0 Å². The van der Waals surface area contributed by atoms with Crippen LogP contribution in [0.4, 0.5) is 8.78 Å². The number of rotatable bonds is 2. The van der Waals surface area contributed by atoms with E-state index in [1.54, 1.807) is 6.07 Å². The average Bonchev–Trinajstić information content (AvgIpc) is 2.80. The van der Waals surface area contributed by atoms with Crippen molar-refractivity contribution >= 4 is 44.6 Å². The minimum absolute atomic E-state index is 0.0712. The van der Waals surface area contributed by atoms with Crippen molar-refractivity contribution in [3.05, 3.63) is 56.9 Å². The van der Waals surface area contributed by atoms with E-state index >= 15 is 0 Å². The topological polar surface area (TPSA) is 20.2 Å². The fourth-order valence-electron chi connectivity index (χ4n) is 2.27. The van der Waals surface area contributed by atoms with E-state index < -0.39 is 5.82 Å². The van der Waals surface area contributed by atoms with Gasteiger partial charge in [-0.1, -0.05) is 23.2 Å². The Morgan fingerprint density at radius 1 is 1.10 bits per heavy atom. The molecule has 0 aliphatic carbocycles. The fraction of sp³-hybridized carbons (Fsp3) is 0.0667. The molecule has 0 spiro atoms. The first kappa shape index (κ1) is 14.7. The molecule has 1 N–H and O–H groups in total. The molecule has 1 heterocycles. The van der Waals surface area contributed by atoms with E-state index in [1.165, 1.54) is 29.5 Å². The maximum absolute atomic E-state index is 13.8. The molecule has 1 nitrogen and oxygen atoms in total. The second-order valence-corrected chi connectivity index (χ2v) is 6.40. The lowest BCUT2D eigenvalue weighted by molar-refractivity contribution is 0.286. The molecule has 0 unspecified atom stereocenters. The summed E-state index contributed by atoms with van der Waals surface area (Å²) in [7, 11) is 0. The van der Waals surface area contributed by atoms with Crippen molar-refractivity contribution in [2.75, 3.05) is 0 Å². The van der Waals surface area contributed by atoms with Crippen LogP contribution >= 0.6 is 34.5 Å². The molecule has 0 radical (unpaired) electrons. The third kappa shape index (κ3) is 2.53. The summed E-state index contributed by atoms with van der Waals surface area (Å²) in [6, 6.07) is 6.94. The van der Waals surface area contributed by atoms with Gasteiger partial charge in [0, 0.05) is 31.1 Å². The summed E-state index contributed by atoms with van der Waals surface area (Å²) in [5.41, 5.74) is 0.979. The Kier molecular flexibility index (Phi) is 3.88. The van der Waals surface area contributed by atoms with Crippen molar-refractivity contribution in [2.45, 2.75) is 6.61 Å². The maximum Gasteiger partial charge on any atom is 0.143 e. The number of fused-ring (bicyclic) bond motifs is 1. The van der Waals surface area contributed by atoms with Crippen molar-refractivity contribution < 1.29 is 13.9 Å². The molecule has 0 atom stereocenters. The van der Waals surface area contributed by atoms with Crippen LogP contribution < -0.4 is 0 Å². The molecule has 0 bridgehead atoms. The number of hydrogen-bond acceptors (Lipinski definition) is 2. The van der Waals surface area contributed by atoms with Crippen LogP contribution in [0.5, 0.6) is 0 Å². The second kappa shape index (κ2) is 5.54. The zero-order valence-corrected chi connectivity index (χ0v) is 12.8. The van der Waals surface area contributed by atoms with E-state index in [4.69, 9.17) is 23.2 Å². The molecule has 3 rings (SSSR count). The Bertz CT molecular complexity index is 845. The number of benzene rings is 2. The molecule has 0 amide bonds. The molecular weight excluding hydrogens is 337 g/mol.